The van der Waals surface area contributed by atoms with Crippen LogP contribution in [-0.4, -0.2) is 17.1 Å². The molecule has 0 saturated carbocycles. The molecule has 0 heterocycles. The summed E-state index contributed by atoms with van der Waals surface area (Å²) < 4.78 is 0. The molecule has 0 saturated heterocycles. The minimum Gasteiger partial charge on any atom is -0.396 e. The lowest BCUT2D eigenvalue weighted by atomic mass is 10.4. The number of thiocarbonyl (C=S) groups is 1. The van der Waals surface area contributed by atoms with Crippen molar-refractivity contribution in [1.82, 2.24) is 0 Å². The zero-order valence-electron chi connectivity index (χ0n) is 3.55. The Morgan fingerprint density at radius 2 is 2.33 bits per heavy atom. The zero-order valence-corrected chi connectivity index (χ0v) is 4.37. The van der Waals surface area contributed by atoms with Crippen LogP contribution < -0.4 is 0 Å². The Bertz CT molecular complexity index is 36.5. The summed E-state index contributed by atoms with van der Waals surface area (Å²) in [6.45, 7) is 0.257. The number of unbranched alkanes of at least 4 members (excludes halogenated alkanes) is 1. The van der Waals surface area contributed by atoms with Crippen LogP contribution in [0.5, 0.6) is 0 Å². The molecule has 1 N–H and O–H groups in total. The fourth-order valence-corrected chi connectivity index (χ4v) is 0.341. The lowest BCUT2D eigenvalue weighted by Gasteiger charge is -1.80. The van der Waals surface area contributed by atoms with Crippen molar-refractivity contribution in [3.05, 3.63) is 0 Å². The van der Waals surface area contributed by atoms with Crippen LogP contribution in [0.4, 0.5) is 0 Å². The summed E-state index contributed by atoms with van der Waals surface area (Å²) >= 11 is 4.48. The molecule has 0 aromatic heterocycles. The molecule has 0 aromatic rings. The average Bonchev–Trinajstić information content (AvgIpc) is 1.61. The number of hydrogen-bond donors (Lipinski definition) is 1. The Labute approximate surface area is 43.0 Å². The highest BCUT2D eigenvalue weighted by molar-refractivity contribution is 7.78. The topological polar surface area (TPSA) is 20.2 Å². The van der Waals surface area contributed by atoms with Crippen LogP contribution >= 0.6 is 12.2 Å². The summed E-state index contributed by atoms with van der Waals surface area (Å²) in [5.74, 6) is 0. The molecule has 0 radical (unpaired) electrons. The summed E-state index contributed by atoms with van der Waals surface area (Å²) in [5, 5.41) is 9.77. The normalized spacial score (nSPS) is 8.17. The predicted octanol–water partition coefficient (Wildman–Crippen LogP) is 0.759. The van der Waals surface area contributed by atoms with E-state index in [4.69, 9.17) is 5.11 Å². The van der Waals surface area contributed by atoms with Crippen LogP contribution in [0.15, 0.2) is 0 Å². The van der Waals surface area contributed by atoms with E-state index in [-0.39, 0.29) is 6.61 Å². The highest BCUT2D eigenvalue weighted by Gasteiger charge is 1.73. The molecule has 0 amide bonds. The Hall–Kier alpha value is 0.0500. The van der Waals surface area contributed by atoms with Gasteiger partial charge >= 0.3 is 0 Å². The standard InChI is InChI=1S/C4H8OS/c5-3-1-2-4-6/h4-5H,1-3H2. The van der Waals surface area contributed by atoms with Gasteiger partial charge in [0.15, 0.2) is 0 Å². The fraction of sp³-hybridized carbons (Fsp3) is 0.750. The van der Waals surface area contributed by atoms with Gasteiger partial charge in [-0.3, -0.25) is 0 Å². The zero-order chi connectivity index (χ0) is 4.83. The summed E-state index contributed by atoms with van der Waals surface area (Å²) in [5.41, 5.74) is 0. The molecule has 0 aliphatic carbocycles. The van der Waals surface area contributed by atoms with E-state index in [1.54, 1.807) is 5.37 Å². The molecule has 0 bridgehead atoms. The number of rotatable bonds is 3. The first kappa shape index (κ1) is 6.05. The number of aliphatic hydroxyl groups excluding tert-OH is 1. The molecule has 2 heteroatoms. The molecule has 0 unspecified atom stereocenters. The van der Waals surface area contributed by atoms with Crippen molar-refractivity contribution in [3.63, 3.8) is 0 Å². The minimum atomic E-state index is 0.257. The molecule has 0 aromatic carbocycles. The molecular weight excluding hydrogens is 96.1 g/mol. The molecule has 6 heavy (non-hydrogen) atoms. The van der Waals surface area contributed by atoms with Gasteiger partial charge < -0.3 is 5.11 Å². The molecule has 0 spiro atoms. The van der Waals surface area contributed by atoms with E-state index in [0.29, 0.717) is 0 Å². The maximum Gasteiger partial charge on any atom is 0.0434 e. The number of hydrogen-bond acceptors (Lipinski definition) is 2. The quantitative estimate of drug-likeness (QED) is 0.421. The van der Waals surface area contributed by atoms with E-state index in [2.05, 4.69) is 12.2 Å². The van der Waals surface area contributed by atoms with Gasteiger partial charge in [-0.05, 0) is 18.2 Å². The van der Waals surface area contributed by atoms with Crippen LogP contribution in [0.2, 0.25) is 0 Å². The van der Waals surface area contributed by atoms with Crippen molar-refractivity contribution in [1.29, 1.82) is 0 Å². The van der Waals surface area contributed by atoms with Gasteiger partial charge in [0.1, 0.15) is 0 Å². The van der Waals surface area contributed by atoms with Crippen molar-refractivity contribution in [3.8, 4) is 0 Å². The molecule has 0 fully saturated rings. The van der Waals surface area contributed by atoms with Crippen molar-refractivity contribution in [2.45, 2.75) is 12.8 Å². The van der Waals surface area contributed by atoms with Crippen LogP contribution in [-0.2, 0) is 0 Å². The number of aliphatic hydroxyl groups is 1. The molecule has 36 valence electrons. The monoisotopic (exact) mass is 104 g/mol. The summed E-state index contributed by atoms with van der Waals surface area (Å²) in [4.78, 5) is 0. The molecule has 1 nitrogen and oxygen atoms in total. The Kier molecular flexibility index (Phi) is 5.09. The lowest BCUT2D eigenvalue weighted by Crippen LogP contribution is -1.79. The van der Waals surface area contributed by atoms with E-state index in [0.717, 1.165) is 12.8 Å². The SMILES string of the molecule is OCCCC=S. The Morgan fingerprint density at radius 1 is 1.67 bits per heavy atom. The van der Waals surface area contributed by atoms with Crippen LogP contribution in [0, 0.1) is 0 Å². The first-order valence-electron chi connectivity index (χ1n) is 1.96. The lowest BCUT2D eigenvalue weighted by molar-refractivity contribution is 0.292. The molecule has 0 aliphatic rings. The Morgan fingerprint density at radius 3 is 2.50 bits per heavy atom. The second-order valence-electron chi connectivity index (χ2n) is 1.03. The third kappa shape index (κ3) is 4.05. The highest BCUT2D eigenvalue weighted by atomic mass is 32.1. The van der Waals surface area contributed by atoms with Crippen LogP contribution in [0.3, 0.4) is 0 Å². The average molecular weight is 104 g/mol. The first-order valence-corrected chi connectivity index (χ1v) is 2.43. The van der Waals surface area contributed by atoms with E-state index >= 15 is 0 Å². The summed E-state index contributed by atoms with van der Waals surface area (Å²) in [6, 6.07) is 0. The maximum atomic E-state index is 8.13. The van der Waals surface area contributed by atoms with E-state index in [1.807, 2.05) is 0 Å². The van der Waals surface area contributed by atoms with Crippen molar-refractivity contribution < 1.29 is 5.11 Å². The van der Waals surface area contributed by atoms with Crippen molar-refractivity contribution >= 4 is 17.6 Å². The highest BCUT2D eigenvalue weighted by Crippen LogP contribution is 1.79. The van der Waals surface area contributed by atoms with Gasteiger partial charge in [-0.1, -0.05) is 12.2 Å². The Balaban J connectivity index is 2.49. The second kappa shape index (κ2) is 5.05. The smallest absolute Gasteiger partial charge is 0.0434 e. The van der Waals surface area contributed by atoms with E-state index in [1.165, 1.54) is 0 Å². The van der Waals surface area contributed by atoms with Crippen LogP contribution in [0.25, 0.3) is 0 Å². The van der Waals surface area contributed by atoms with Gasteiger partial charge in [0.25, 0.3) is 0 Å². The van der Waals surface area contributed by atoms with Gasteiger partial charge in [0, 0.05) is 6.61 Å². The molecule has 0 atom stereocenters. The van der Waals surface area contributed by atoms with Gasteiger partial charge in [0.05, 0.1) is 0 Å². The third-order valence-electron chi connectivity index (χ3n) is 0.480. The largest absolute Gasteiger partial charge is 0.396 e. The van der Waals surface area contributed by atoms with Gasteiger partial charge in [-0.15, -0.1) is 0 Å². The summed E-state index contributed by atoms with van der Waals surface area (Å²) in [7, 11) is 0. The molecule has 0 aliphatic heterocycles. The predicted molar refractivity (Wildman–Crippen MR) is 30.0 cm³/mol. The van der Waals surface area contributed by atoms with Crippen molar-refractivity contribution in [2.75, 3.05) is 6.61 Å². The van der Waals surface area contributed by atoms with Gasteiger partial charge in [-0.25, -0.2) is 0 Å². The van der Waals surface area contributed by atoms with Crippen molar-refractivity contribution in [2.24, 2.45) is 0 Å². The van der Waals surface area contributed by atoms with Crippen LogP contribution in [0.1, 0.15) is 12.8 Å². The van der Waals surface area contributed by atoms with Gasteiger partial charge in [-0.2, -0.15) is 0 Å². The van der Waals surface area contributed by atoms with E-state index in [9.17, 15) is 0 Å². The molecular formula is C4H8OS. The third-order valence-corrected chi connectivity index (χ3v) is 0.716. The fourth-order valence-electron chi connectivity index (χ4n) is 0.175. The van der Waals surface area contributed by atoms with E-state index < -0.39 is 0 Å². The minimum absolute atomic E-state index is 0.257. The molecule has 0 rings (SSSR count). The second-order valence-corrected chi connectivity index (χ2v) is 1.37. The summed E-state index contributed by atoms with van der Waals surface area (Å²) in [6.07, 6.45) is 1.66. The first-order chi connectivity index (χ1) is 2.91. The maximum absolute atomic E-state index is 8.13. The van der Waals surface area contributed by atoms with Gasteiger partial charge in [0.2, 0.25) is 0 Å².